The molecule has 1 aliphatic rings. The Morgan fingerprint density at radius 3 is 2.26 bits per heavy atom. The Morgan fingerprint density at radius 2 is 1.65 bits per heavy atom. The summed E-state index contributed by atoms with van der Waals surface area (Å²) >= 11 is 0. The Labute approximate surface area is 134 Å². The Hall–Kier alpha value is -2.95. The van der Waals surface area contributed by atoms with Gasteiger partial charge in [-0.05, 0) is 11.6 Å². The molecule has 0 aliphatic carbocycles. The third-order valence-corrected chi connectivity index (χ3v) is 3.56. The first-order valence-corrected chi connectivity index (χ1v) is 7.01. The van der Waals surface area contributed by atoms with Crippen molar-refractivity contribution >= 4 is 11.9 Å². The number of hydrogen-bond donors (Lipinski definition) is 0. The Morgan fingerprint density at radius 1 is 0.957 bits per heavy atom. The van der Waals surface area contributed by atoms with Crippen LogP contribution in [-0.4, -0.2) is 27.1 Å². The number of methoxy groups -OCH3 is 3. The highest BCUT2D eigenvalue weighted by Gasteiger charge is 2.35. The van der Waals surface area contributed by atoms with Crippen molar-refractivity contribution in [3.05, 3.63) is 53.3 Å². The minimum atomic E-state index is -0.248. The van der Waals surface area contributed by atoms with Gasteiger partial charge in [0.25, 0.3) is 0 Å². The highest BCUT2D eigenvalue weighted by atomic mass is 16.5. The van der Waals surface area contributed by atoms with E-state index in [2.05, 4.69) is 0 Å². The lowest BCUT2D eigenvalue weighted by Gasteiger charge is -2.13. The van der Waals surface area contributed by atoms with E-state index in [1.807, 2.05) is 30.3 Å². The molecule has 0 bridgehead atoms. The SMILES string of the molecule is COc1cc2c(c(OC)c1OC)C(=O)/C(=C\c1ccccc1)O2. The summed E-state index contributed by atoms with van der Waals surface area (Å²) in [5.41, 5.74) is 1.22. The van der Waals surface area contributed by atoms with Crippen molar-refractivity contribution in [2.24, 2.45) is 0 Å². The molecule has 0 radical (unpaired) electrons. The van der Waals surface area contributed by atoms with Gasteiger partial charge in [-0.2, -0.15) is 0 Å². The van der Waals surface area contributed by atoms with Gasteiger partial charge in [-0.3, -0.25) is 4.79 Å². The molecule has 5 heteroatoms. The predicted octanol–water partition coefficient (Wildman–Crippen LogP) is 3.33. The fourth-order valence-electron chi connectivity index (χ4n) is 2.51. The van der Waals surface area contributed by atoms with Gasteiger partial charge in [-0.15, -0.1) is 0 Å². The summed E-state index contributed by atoms with van der Waals surface area (Å²) in [7, 11) is 4.48. The molecule has 0 saturated heterocycles. The van der Waals surface area contributed by atoms with Crippen molar-refractivity contribution in [3.63, 3.8) is 0 Å². The van der Waals surface area contributed by atoms with E-state index < -0.39 is 0 Å². The summed E-state index contributed by atoms with van der Waals surface area (Å²) in [5.74, 6) is 1.50. The second kappa shape index (κ2) is 6.04. The molecule has 0 unspecified atom stereocenters. The fourth-order valence-corrected chi connectivity index (χ4v) is 2.51. The second-order valence-corrected chi connectivity index (χ2v) is 4.87. The quantitative estimate of drug-likeness (QED) is 0.811. The van der Waals surface area contributed by atoms with Crippen LogP contribution in [0.5, 0.6) is 23.0 Å². The molecule has 0 fully saturated rings. The van der Waals surface area contributed by atoms with Crippen LogP contribution in [0.15, 0.2) is 42.2 Å². The van der Waals surface area contributed by atoms with E-state index in [9.17, 15) is 4.79 Å². The van der Waals surface area contributed by atoms with Crippen LogP contribution >= 0.6 is 0 Å². The smallest absolute Gasteiger partial charge is 0.235 e. The Bertz CT molecular complexity index is 778. The van der Waals surface area contributed by atoms with E-state index in [0.717, 1.165) is 5.56 Å². The average molecular weight is 312 g/mol. The van der Waals surface area contributed by atoms with Crippen LogP contribution in [0.25, 0.3) is 6.08 Å². The molecule has 0 saturated carbocycles. The molecule has 0 amide bonds. The lowest BCUT2D eigenvalue weighted by Crippen LogP contribution is -2.02. The van der Waals surface area contributed by atoms with E-state index in [1.165, 1.54) is 21.3 Å². The number of rotatable bonds is 4. The standard InChI is InChI=1S/C18H16O5/c1-20-14-10-12-15(18(22-3)17(14)21-2)16(19)13(23-12)9-11-7-5-4-6-8-11/h4-10H,1-3H3/b13-9+. The lowest BCUT2D eigenvalue weighted by atomic mass is 10.1. The molecule has 5 nitrogen and oxygen atoms in total. The van der Waals surface area contributed by atoms with Crippen LogP contribution in [0, 0.1) is 0 Å². The van der Waals surface area contributed by atoms with Gasteiger partial charge in [0.15, 0.2) is 17.3 Å². The van der Waals surface area contributed by atoms with Crippen molar-refractivity contribution in [2.75, 3.05) is 21.3 Å². The summed E-state index contributed by atoms with van der Waals surface area (Å²) in [4.78, 5) is 12.7. The maximum absolute atomic E-state index is 12.7. The lowest BCUT2D eigenvalue weighted by molar-refractivity contribution is 0.101. The summed E-state index contributed by atoms with van der Waals surface area (Å²) in [6.07, 6.45) is 1.70. The topological polar surface area (TPSA) is 54.0 Å². The number of ether oxygens (including phenoxy) is 4. The third-order valence-electron chi connectivity index (χ3n) is 3.56. The van der Waals surface area contributed by atoms with E-state index in [-0.39, 0.29) is 11.5 Å². The number of Topliss-reactive ketones (excluding diaryl/α,β-unsaturated/α-hetero) is 1. The highest BCUT2D eigenvalue weighted by Crippen LogP contribution is 2.49. The van der Waals surface area contributed by atoms with E-state index in [1.54, 1.807) is 12.1 Å². The Balaban J connectivity index is 2.11. The fraction of sp³-hybridized carbons (Fsp3) is 0.167. The van der Waals surface area contributed by atoms with Crippen molar-refractivity contribution in [1.29, 1.82) is 0 Å². The first-order valence-electron chi connectivity index (χ1n) is 7.01. The zero-order chi connectivity index (χ0) is 16.4. The summed E-state index contributed by atoms with van der Waals surface area (Å²) in [6.45, 7) is 0. The molecular weight excluding hydrogens is 296 g/mol. The second-order valence-electron chi connectivity index (χ2n) is 4.87. The van der Waals surface area contributed by atoms with Crippen LogP contribution in [-0.2, 0) is 0 Å². The first kappa shape index (κ1) is 15.0. The van der Waals surface area contributed by atoms with Gasteiger partial charge in [0.05, 0.1) is 21.3 Å². The number of allylic oxidation sites excluding steroid dienone is 1. The molecule has 1 aliphatic heterocycles. The first-order chi connectivity index (χ1) is 11.2. The molecule has 3 rings (SSSR count). The van der Waals surface area contributed by atoms with Gasteiger partial charge >= 0.3 is 0 Å². The number of benzene rings is 2. The van der Waals surface area contributed by atoms with E-state index in [4.69, 9.17) is 18.9 Å². The van der Waals surface area contributed by atoms with Crippen LogP contribution in [0.2, 0.25) is 0 Å². The van der Waals surface area contributed by atoms with Gasteiger partial charge < -0.3 is 18.9 Å². The molecule has 2 aromatic carbocycles. The van der Waals surface area contributed by atoms with Crippen LogP contribution in [0.3, 0.4) is 0 Å². The number of carbonyl (C=O) groups excluding carboxylic acids is 1. The Kier molecular flexibility index (Phi) is 3.93. The minimum absolute atomic E-state index is 0.236. The molecule has 0 atom stereocenters. The van der Waals surface area contributed by atoms with Gasteiger partial charge in [0.1, 0.15) is 11.3 Å². The van der Waals surface area contributed by atoms with Crippen molar-refractivity contribution < 1.29 is 23.7 Å². The number of fused-ring (bicyclic) bond motifs is 1. The largest absolute Gasteiger partial charge is 0.493 e. The predicted molar refractivity (Wildman–Crippen MR) is 85.5 cm³/mol. The van der Waals surface area contributed by atoms with Crippen molar-refractivity contribution in [2.45, 2.75) is 0 Å². The molecule has 0 spiro atoms. The van der Waals surface area contributed by atoms with Gasteiger partial charge in [-0.1, -0.05) is 30.3 Å². The van der Waals surface area contributed by atoms with E-state index >= 15 is 0 Å². The maximum atomic E-state index is 12.7. The molecule has 23 heavy (non-hydrogen) atoms. The third kappa shape index (κ3) is 2.50. The molecule has 118 valence electrons. The molecule has 2 aromatic rings. The van der Waals surface area contributed by atoms with Crippen LogP contribution in [0.4, 0.5) is 0 Å². The average Bonchev–Trinajstić information content (AvgIpc) is 2.89. The molecule has 0 N–H and O–H groups in total. The van der Waals surface area contributed by atoms with Gasteiger partial charge in [-0.25, -0.2) is 0 Å². The highest BCUT2D eigenvalue weighted by molar-refractivity contribution is 6.16. The van der Waals surface area contributed by atoms with Crippen LogP contribution < -0.4 is 18.9 Å². The maximum Gasteiger partial charge on any atom is 0.235 e. The zero-order valence-electron chi connectivity index (χ0n) is 13.1. The molecular formula is C18H16O5. The van der Waals surface area contributed by atoms with Crippen molar-refractivity contribution in [3.8, 4) is 23.0 Å². The molecule has 1 heterocycles. The number of ketones is 1. The summed E-state index contributed by atoms with van der Waals surface area (Å²) in [5, 5.41) is 0. The zero-order valence-corrected chi connectivity index (χ0v) is 13.1. The van der Waals surface area contributed by atoms with Crippen LogP contribution in [0.1, 0.15) is 15.9 Å². The normalized spacial score (nSPS) is 14.4. The monoisotopic (exact) mass is 312 g/mol. The van der Waals surface area contributed by atoms with E-state index in [0.29, 0.717) is 28.6 Å². The van der Waals surface area contributed by atoms with Gasteiger partial charge in [0.2, 0.25) is 11.5 Å². The summed E-state index contributed by atoms with van der Waals surface area (Å²) in [6, 6.07) is 11.1. The van der Waals surface area contributed by atoms with Crippen molar-refractivity contribution in [1.82, 2.24) is 0 Å². The number of carbonyl (C=O) groups is 1. The molecule has 0 aromatic heterocycles. The van der Waals surface area contributed by atoms with Gasteiger partial charge in [0, 0.05) is 6.07 Å². The minimum Gasteiger partial charge on any atom is -0.493 e. The summed E-state index contributed by atoms with van der Waals surface area (Å²) < 4.78 is 21.6. The number of hydrogen-bond acceptors (Lipinski definition) is 5.